The fraction of sp³-hybridized carbons (Fsp3) is 0.375. The first-order valence-corrected chi connectivity index (χ1v) is 9.87. The average Bonchev–Trinajstić information content (AvgIpc) is 2.92. The average molecular weight is 401 g/mol. The number of hydrogen-bond acceptors (Lipinski definition) is 8. The van der Waals surface area contributed by atoms with Gasteiger partial charge in [-0.15, -0.1) is 0 Å². The molecule has 0 fully saturated rings. The molecule has 0 bridgehead atoms. The van der Waals surface area contributed by atoms with Crippen LogP contribution in [0.4, 0.5) is 4.79 Å². The van der Waals surface area contributed by atoms with Gasteiger partial charge in [0.15, 0.2) is 0 Å². The molecule has 26 heavy (non-hydrogen) atoms. The largest absolute Gasteiger partial charge is 0.514 e. The summed E-state index contributed by atoms with van der Waals surface area (Å²) in [6.45, 7) is 3.17. The Morgan fingerprint density at radius 1 is 1.27 bits per heavy atom. The van der Waals surface area contributed by atoms with E-state index in [1.54, 1.807) is 25.1 Å². The van der Waals surface area contributed by atoms with Crippen LogP contribution in [0.2, 0.25) is 0 Å². The van der Waals surface area contributed by atoms with Gasteiger partial charge >= 0.3 is 12.1 Å². The van der Waals surface area contributed by atoms with Crippen molar-refractivity contribution in [2.45, 2.75) is 18.7 Å². The number of carbonyl (C=O) groups is 2. The van der Waals surface area contributed by atoms with Crippen molar-refractivity contribution in [3.8, 4) is 5.06 Å². The molecule has 10 heteroatoms. The minimum absolute atomic E-state index is 0.117. The Balaban J connectivity index is 2.55. The highest BCUT2D eigenvalue weighted by Gasteiger charge is 2.32. The van der Waals surface area contributed by atoms with E-state index in [0.717, 1.165) is 28.3 Å². The van der Waals surface area contributed by atoms with Crippen molar-refractivity contribution in [1.82, 2.24) is 4.31 Å². The highest BCUT2D eigenvalue weighted by atomic mass is 32.2. The van der Waals surface area contributed by atoms with Crippen LogP contribution in [-0.4, -0.2) is 52.2 Å². The van der Waals surface area contributed by atoms with Gasteiger partial charge in [-0.1, -0.05) is 23.5 Å². The Labute approximate surface area is 155 Å². The van der Waals surface area contributed by atoms with E-state index in [2.05, 4.69) is 4.74 Å². The lowest BCUT2D eigenvalue weighted by Crippen LogP contribution is -2.33. The molecule has 1 heterocycles. The van der Waals surface area contributed by atoms with Gasteiger partial charge in [0, 0.05) is 17.1 Å². The van der Waals surface area contributed by atoms with E-state index in [1.807, 2.05) is 6.92 Å². The van der Waals surface area contributed by atoms with Crippen LogP contribution in [0, 0.1) is 6.92 Å². The summed E-state index contributed by atoms with van der Waals surface area (Å²) in [7, 11) is -1.74. The molecule has 1 aromatic heterocycles. The van der Waals surface area contributed by atoms with Crippen LogP contribution < -0.4 is 4.74 Å². The molecule has 0 unspecified atom stereocenters. The van der Waals surface area contributed by atoms with Gasteiger partial charge in [0.25, 0.3) is 0 Å². The van der Waals surface area contributed by atoms with Gasteiger partial charge < -0.3 is 14.2 Å². The standard InChI is InChI=1S/C16H19NO7S2/c1-5-23-13(18)9-17(3)26(20,21)14-11-7-6-10(2)8-12(11)25-15(14)24-16(19)22-4/h6-8H,5,9H2,1-4H3. The zero-order chi connectivity index (χ0) is 19.5. The van der Waals surface area contributed by atoms with E-state index >= 15 is 0 Å². The Bertz CT molecular complexity index is 933. The lowest BCUT2D eigenvalue weighted by molar-refractivity contribution is -0.143. The molecule has 0 aliphatic heterocycles. The molecule has 0 spiro atoms. The number of aryl methyl sites for hydroxylation is 1. The van der Waals surface area contributed by atoms with Gasteiger partial charge in [-0.2, -0.15) is 4.31 Å². The predicted octanol–water partition coefficient (Wildman–Crippen LogP) is 2.54. The first-order chi connectivity index (χ1) is 12.2. The Morgan fingerprint density at radius 3 is 2.58 bits per heavy atom. The first kappa shape index (κ1) is 20.1. The molecular formula is C16H19NO7S2. The highest BCUT2D eigenvalue weighted by Crippen LogP contribution is 2.42. The number of benzene rings is 1. The molecule has 0 amide bonds. The minimum atomic E-state index is -4.12. The minimum Gasteiger partial charge on any atom is -0.465 e. The number of thiophene rings is 1. The normalized spacial score (nSPS) is 11.6. The van der Waals surface area contributed by atoms with Crippen LogP contribution in [0.3, 0.4) is 0 Å². The summed E-state index contributed by atoms with van der Waals surface area (Å²) in [5.74, 6) is -0.676. The number of rotatable bonds is 6. The summed E-state index contributed by atoms with van der Waals surface area (Å²) in [6, 6.07) is 5.17. The molecule has 2 rings (SSSR count). The molecule has 0 saturated carbocycles. The molecule has 2 aromatic rings. The molecule has 0 aliphatic carbocycles. The number of hydrogen-bond donors (Lipinski definition) is 0. The zero-order valence-electron chi connectivity index (χ0n) is 14.8. The number of fused-ring (bicyclic) bond motifs is 1. The van der Waals surface area contributed by atoms with Gasteiger partial charge in [0.1, 0.15) is 11.4 Å². The van der Waals surface area contributed by atoms with Crippen molar-refractivity contribution >= 4 is 43.6 Å². The van der Waals surface area contributed by atoms with Crippen molar-refractivity contribution in [3.63, 3.8) is 0 Å². The lowest BCUT2D eigenvalue weighted by atomic mass is 10.2. The van der Waals surface area contributed by atoms with Crippen LogP contribution >= 0.6 is 11.3 Å². The van der Waals surface area contributed by atoms with Crippen molar-refractivity contribution in [2.75, 3.05) is 27.3 Å². The zero-order valence-corrected chi connectivity index (χ0v) is 16.4. The monoisotopic (exact) mass is 401 g/mol. The fourth-order valence-electron chi connectivity index (χ4n) is 2.22. The maximum atomic E-state index is 13.0. The number of nitrogens with zero attached hydrogens (tertiary/aromatic N) is 1. The summed E-state index contributed by atoms with van der Waals surface area (Å²) in [5, 5.41) is 0.281. The number of carbonyl (C=O) groups excluding carboxylic acids is 2. The van der Waals surface area contributed by atoms with Crippen LogP contribution in [0.1, 0.15) is 12.5 Å². The van der Waals surface area contributed by atoms with Crippen molar-refractivity contribution in [1.29, 1.82) is 0 Å². The second kappa shape index (κ2) is 8.02. The summed E-state index contributed by atoms with van der Waals surface area (Å²) < 4.78 is 41.8. The number of esters is 1. The molecular weight excluding hydrogens is 382 g/mol. The molecule has 8 nitrogen and oxygen atoms in total. The smallest absolute Gasteiger partial charge is 0.465 e. The Kier molecular flexibility index (Phi) is 6.21. The van der Waals surface area contributed by atoms with E-state index in [4.69, 9.17) is 9.47 Å². The number of ether oxygens (including phenoxy) is 3. The van der Waals surface area contributed by atoms with E-state index in [9.17, 15) is 18.0 Å². The summed E-state index contributed by atoms with van der Waals surface area (Å²) in [4.78, 5) is 23.0. The van der Waals surface area contributed by atoms with Crippen LogP contribution in [0.15, 0.2) is 23.1 Å². The van der Waals surface area contributed by atoms with Crippen molar-refractivity contribution < 1.29 is 32.2 Å². The van der Waals surface area contributed by atoms with Gasteiger partial charge in [-0.3, -0.25) is 4.79 Å². The molecule has 0 saturated heterocycles. The lowest BCUT2D eigenvalue weighted by Gasteiger charge is -2.16. The third-order valence-corrected chi connectivity index (χ3v) is 6.47. The topological polar surface area (TPSA) is 99.2 Å². The summed E-state index contributed by atoms with van der Waals surface area (Å²) >= 11 is 1.01. The summed E-state index contributed by atoms with van der Waals surface area (Å²) in [6.07, 6.45) is -1.03. The molecule has 0 N–H and O–H groups in total. The van der Waals surface area contributed by atoms with E-state index in [-0.39, 0.29) is 16.6 Å². The third kappa shape index (κ3) is 4.14. The first-order valence-electron chi connectivity index (χ1n) is 7.61. The molecule has 0 radical (unpaired) electrons. The quantitative estimate of drug-likeness (QED) is 0.686. The second-order valence-electron chi connectivity index (χ2n) is 5.34. The van der Waals surface area contributed by atoms with Crippen LogP contribution in [0.5, 0.6) is 5.06 Å². The number of methoxy groups -OCH3 is 1. The van der Waals surface area contributed by atoms with E-state index in [1.165, 1.54) is 7.05 Å². The third-order valence-electron chi connectivity index (χ3n) is 3.44. The van der Waals surface area contributed by atoms with Crippen LogP contribution in [0.25, 0.3) is 10.1 Å². The molecule has 0 aliphatic rings. The highest BCUT2D eigenvalue weighted by molar-refractivity contribution is 7.89. The Hall–Kier alpha value is -2.17. The number of likely N-dealkylation sites (N-methyl/N-ethyl adjacent to an activating group) is 1. The van der Waals surface area contributed by atoms with Gasteiger partial charge in [-0.25, -0.2) is 13.2 Å². The molecule has 142 valence electrons. The van der Waals surface area contributed by atoms with Crippen molar-refractivity contribution in [3.05, 3.63) is 23.8 Å². The maximum absolute atomic E-state index is 13.0. The van der Waals surface area contributed by atoms with Gasteiger partial charge in [-0.05, 0) is 25.5 Å². The van der Waals surface area contributed by atoms with E-state index in [0.29, 0.717) is 10.1 Å². The maximum Gasteiger partial charge on any atom is 0.514 e. The Morgan fingerprint density at radius 2 is 1.96 bits per heavy atom. The van der Waals surface area contributed by atoms with Crippen LogP contribution in [-0.2, 0) is 24.3 Å². The predicted molar refractivity (Wildman–Crippen MR) is 96.0 cm³/mol. The summed E-state index contributed by atoms with van der Waals surface area (Å²) in [5.41, 5.74) is 0.923. The SMILES string of the molecule is CCOC(=O)CN(C)S(=O)(=O)c1c(OC(=O)OC)sc2cc(C)ccc12. The molecule has 1 aromatic carbocycles. The van der Waals surface area contributed by atoms with Crippen molar-refractivity contribution in [2.24, 2.45) is 0 Å². The van der Waals surface area contributed by atoms with Gasteiger partial charge in [0.2, 0.25) is 15.1 Å². The fourth-order valence-corrected chi connectivity index (χ4v) is 5.05. The van der Waals surface area contributed by atoms with Gasteiger partial charge in [0.05, 0.1) is 13.7 Å². The number of sulfonamides is 1. The molecule has 0 atom stereocenters. The van der Waals surface area contributed by atoms with E-state index < -0.39 is 28.7 Å². The second-order valence-corrected chi connectivity index (χ2v) is 8.34.